The molecule has 0 unspecified atom stereocenters. The van der Waals surface area contributed by atoms with Crippen molar-refractivity contribution in [2.75, 3.05) is 25.5 Å². The largest absolute Gasteiger partial charge is 0.488 e. The van der Waals surface area contributed by atoms with Crippen molar-refractivity contribution in [2.45, 2.75) is 55.8 Å². The summed E-state index contributed by atoms with van der Waals surface area (Å²) in [6.45, 7) is 1.62. The van der Waals surface area contributed by atoms with Gasteiger partial charge in [-0.1, -0.05) is 18.2 Å². The van der Waals surface area contributed by atoms with Gasteiger partial charge in [-0.3, -0.25) is 4.79 Å². The number of amides is 1. The van der Waals surface area contributed by atoms with E-state index >= 15 is 0 Å². The van der Waals surface area contributed by atoms with Crippen LogP contribution in [0.3, 0.4) is 0 Å². The second-order valence-electron chi connectivity index (χ2n) is 11.2. The molecule has 3 heterocycles. The molecule has 2 aliphatic heterocycles. The number of hydrogen-bond donors (Lipinski definition) is 3. The maximum atomic E-state index is 14.9. The molecular formula is C29H30FN5O3. The highest BCUT2D eigenvalue weighted by Crippen LogP contribution is 2.50. The Hall–Kier alpha value is -3.56. The Morgan fingerprint density at radius 1 is 1.13 bits per heavy atom. The number of carbonyl (C=O) groups is 1. The third kappa shape index (κ3) is 4.10. The number of aromatic nitrogens is 2. The number of nitrogens with one attached hydrogen (secondary N) is 2. The molecule has 1 amide bonds. The normalized spacial score (nSPS) is 21.2. The van der Waals surface area contributed by atoms with Gasteiger partial charge in [-0.25, -0.2) is 14.4 Å². The Bertz CT molecular complexity index is 1440. The van der Waals surface area contributed by atoms with E-state index in [0.717, 1.165) is 56.1 Å². The van der Waals surface area contributed by atoms with E-state index in [1.54, 1.807) is 6.07 Å². The fourth-order valence-corrected chi connectivity index (χ4v) is 5.58. The lowest BCUT2D eigenvalue weighted by atomic mass is 9.84. The molecule has 2 aliphatic carbocycles. The van der Waals surface area contributed by atoms with Crippen LogP contribution < -0.4 is 15.4 Å². The Morgan fingerprint density at radius 3 is 2.66 bits per heavy atom. The van der Waals surface area contributed by atoms with Gasteiger partial charge in [0.1, 0.15) is 11.4 Å². The van der Waals surface area contributed by atoms with E-state index in [1.807, 2.05) is 30.3 Å². The van der Waals surface area contributed by atoms with Gasteiger partial charge < -0.3 is 25.4 Å². The molecule has 0 radical (unpaired) electrons. The molecule has 7 rings (SSSR count). The summed E-state index contributed by atoms with van der Waals surface area (Å²) in [6, 6.07) is 11.1. The van der Waals surface area contributed by atoms with Crippen LogP contribution in [-0.4, -0.2) is 52.1 Å². The van der Waals surface area contributed by atoms with Crippen molar-refractivity contribution in [1.82, 2.24) is 20.2 Å². The molecule has 2 saturated carbocycles. The number of halogens is 1. The first-order valence-corrected chi connectivity index (χ1v) is 13.3. The SMILES string of the molecule is CN1CCC(O)(c2ccc(OC3CC3)c(Nc3ncc(F)c(-c4ccc5c(c4)C(=O)NC54CC4)n3)c2)CC1. The number of anilines is 2. The van der Waals surface area contributed by atoms with Gasteiger partial charge in [0.15, 0.2) is 5.82 Å². The van der Waals surface area contributed by atoms with Crippen molar-refractivity contribution in [3.63, 3.8) is 0 Å². The second kappa shape index (κ2) is 8.47. The van der Waals surface area contributed by atoms with E-state index in [4.69, 9.17) is 4.74 Å². The van der Waals surface area contributed by atoms with Crippen LogP contribution in [0.25, 0.3) is 11.3 Å². The van der Waals surface area contributed by atoms with Crippen LogP contribution in [0.1, 0.15) is 60.0 Å². The molecular weight excluding hydrogens is 485 g/mol. The van der Waals surface area contributed by atoms with E-state index in [9.17, 15) is 14.3 Å². The summed E-state index contributed by atoms with van der Waals surface area (Å²) < 4.78 is 21.1. The third-order valence-corrected chi connectivity index (χ3v) is 8.30. The molecule has 9 heteroatoms. The number of piperidine rings is 1. The highest BCUT2D eigenvalue weighted by Gasteiger charge is 2.52. The number of aliphatic hydroxyl groups is 1. The highest BCUT2D eigenvalue weighted by molar-refractivity contribution is 6.01. The monoisotopic (exact) mass is 515 g/mol. The third-order valence-electron chi connectivity index (χ3n) is 8.30. The quantitative estimate of drug-likeness (QED) is 0.452. The molecule has 1 aromatic heterocycles. The average molecular weight is 516 g/mol. The van der Waals surface area contributed by atoms with Gasteiger partial charge in [-0.15, -0.1) is 0 Å². The lowest BCUT2D eigenvalue weighted by Gasteiger charge is -2.37. The summed E-state index contributed by atoms with van der Waals surface area (Å²) in [7, 11) is 2.06. The van der Waals surface area contributed by atoms with Crippen molar-refractivity contribution >= 4 is 17.5 Å². The van der Waals surface area contributed by atoms with Gasteiger partial charge in [0.25, 0.3) is 5.91 Å². The fraction of sp³-hybridized carbons (Fsp3) is 0.414. The predicted molar refractivity (Wildman–Crippen MR) is 140 cm³/mol. The van der Waals surface area contributed by atoms with Crippen LogP contribution in [-0.2, 0) is 11.1 Å². The number of ether oxygens (including phenoxy) is 1. The van der Waals surface area contributed by atoms with Crippen molar-refractivity contribution in [2.24, 2.45) is 0 Å². The van der Waals surface area contributed by atoms with E-state index in [-0.39, 0.29) is 29.2 Å². The lowest BCUT2D eigenvalue weighted by molar-refractivity contribution is -0.0203. The number of hydrogen-bond acceptors (Lipinski definition) is 7. The first-order valence-electron chi connectivity index (χ1n) is 13.3. The fourth-order valence-electron chi connectivity index (χ4n) is 5.58. The molecule has 0 bridgehead atoms. The minimum absolute atomic E-state index is 0.115. The van der Waals surface area contributed by atoms with Crippen molar-refractivity contribution in [3.8, 4) is 17.0 Å². The molecule has 3 aromatic rings. The number of fused-ring (bicyclic) bond motifs is 2. The Balaban J connectivity index is 1.22. The number of likely N-dealkylation sites (tertiary alicyclic amines) is 1. The summed E-state index contributed by atoms with van der Waals surface area (Å²) in [5.41, 5.74) is 2.45. The maximum Gasteiger partial charge on any atom is 0.252 e. The van der Waals surface area contributed by atoms with E-state index in [1.165, 1.54) is 0 Å². The lowest BCUT2D eigenvalue weighted by Crippen LogP contribution is -2.40. The molecule has 38 heavy (non-hydrogen) atoms. The van der Waals surface area contributed by atoms with Gasteiger partial charge in [-0.2, -0.15) is 0 Å². The smallest absolute Gasteiger partial charge is 0.252 e. The molecule has 3 N–H and O–H groups in total. The minimum Gasteiger partial charge on any atom is -0.488 e. The molecule has 3 fully saturated rings. The van der Waals surface area contributed by atoms with Crippen LogP contribution in [0, 0.1) is 5.82 Å². The Morgan fingerprint density at radius 2 is 1.92 bits per heavy atom. The molecule has 4 aliphatic rings. The highest BCUT2D eigenvalue weighted by atomic mass is 19.1. The van der Waals surface area contributed by atoms with E-state index < -0.39 is 11.4 Å². The predicted octanol–water partition coefficient (Wildman–Crippen LogP) is 4.21. The van der Waals surface area contributed by atoms with Crippen LogP contribution in [0.15, 0.2) is 42.6 Å². The zero-order valence-electron chi connectivity index (χ0n) is 21.3. The van der Waals surface area contributed by atoms with Crippen LogP contribution in [0.2, 0.25) is 0 Å². The standard InChI is InChI=1S/C29H30FN5O3/c1-35-12-10-29(37,11-13-35)18-3-7-24(38-19-4-5-19)23(15-18)32-27-31-16-22(30)25(33-27)17-2-6-21-20(14-17)26(36)34-28(21)8-9-28/h2-3,6-7,14-16,19,37H,4-5,8-13H2,1H3,(H,34,36)(H,31,32,33). The van der Waals surface area contributed by atoms with Crippen molar-refractivity contribution in [3.05, 3.63) is 65.1 Å². The molecule has 1 saturated heterocycles. The maximum absolute atomic E-state index is 14.9. The molecule has 8 nitrogen and oxygen atoms in total. The van der Waals surface area contributed by atoms with E-state index in [0.29, 0.717) is 35.4 Å². The van der Waals surface area contributed by atoms with Gasteiger partial charge in [0.05, 0.1) is 29.1 Å². The number of benzene rings is 2. The summed E-state index contributed by atoms with van der Waals surface area (Å²) >= 11 is 0. The van der Waals surface area contributed by atoms with Gasteiger partial charge in [0.2, 0.25) is 5.95 Å². The summed E-state index contributed by atoms with van der Waals surface area (Å²) in [5, 5.41) is 17.7. The first kappa shape index (κ1) is 23.5. The zero-order chi connectivity index (χ0) is 26.1. The van der Waals surface area contributed by atoms with Crippen molar-refractivity contribution in [1.29, 1.82) is 0 Å². The van der Waals surface area contributed by atoms with Crippen LogP contribution in [0.5, 0.6) is 5.75 Å². The number of nitrogens with zero attached hydrogens (tertiary/aromatic N) is 3. The summed E-state index contributed by atoms with van der Waals surface area (Å²) in [6.07, 6.45) is 6.44. The molecule has 2 aromatic carbocycles. The Labute approximate surface area is 220 Å². The van der Waals surface area contributed by atoms with Gasteiger partial charge >= 0.3 is 0 Å². The molecule has 1 spiro atoms. The van der Waals surface area contributed by atoms with E-state index in [2.05, 4.69) is 32.5 Å². The topological polar surface area (TPSA) is 99.6 Å². The number of rotatable bonds is 6. The van der Waals surface area contributed by atoms with Gasteiger partial charge in [0, 0.05) is 24.2 Å². The zero-order valence-corrected chi connectivity index (χ0v) is 21.3. The van der Waals surface area contributed by atoms with Gasteiger partial charge in [-0.05, 0) is 74.9 Å². The molecule has 0 atom stereocenters. The molecule has 196 valence electrons. The first-order chi connectivity index (χ1) is 18.3. The van der Waals surface area contributed by atoms with Crippen molar-refractivity contribution < 1.29 is 19.0 Å². The summed E-state index contributed by atoms with van der Waals surface area (Å²) in [4.78, 5) is 23.4. The second-order valence-corrected chi connectivity index (χ2v) is 11.2. The average Bonchev–Trinajstić information content (AvgIpc) is 3.85. The number of carbonyl (C=O) groups excluding carboxylic acids is 1. The summed E-state index contributed by atoms with van der Waals surface area (Å²) in [5.74, 6) is 0.154. The van der Waals surface area contributed by atoms with Crippen LogP contribution in [0.4, 0.5) is 16.0 Å². The Kier molecular flexibility index (Phi) is 5.25. The minimum atomic E-state index is -0.931. The van der Waals surface area contributed by atoms with Crippen LogP contribution >= 0.6 is 0 Å².